The van der Waals surface area contributed by atoms with E-state index in [0.29, 0.717) is 12.0 Å². The maximum atomic E-state index is 12.5. The van der Waals surface area contributed by atoms with Crippen molar-refractivity contribution in [1.29, 1.82) is 0 Å². The smallest absolute Gasteiger partial charge is 0.352 e. The van der Waals surface area contributed by atoms with Crippen LogP contribution in [0, 0.1) is 0 Å². The first-order valence-corrected chi connectivity index (χ1v) is 7.67. The van der Waals surface area contributed by atoms with Gasteiger partial charge in [0.05, 0.1) is 0 Å². The minimum absolute atomic E-state index is 0.176. The molecule has 0 saturated heterocycles. The third-order valence-electron chi connectivity index (χ3n) is 3.07. The standard InChI is InChI=1S/C17H16N2OS/c1-2-15(21-14-11-7-4-8-12-14)16(19-18)17(20)13-9-5-3-6-10-13/h3-12,15H,2H2,1H3. The van der Waals surface area contributed by atoms with Crippen LogP contribution in [0.15, 0.2) is 65.6 Å². The lowest BCUT2D eigenvalue weighted by Gasteiger charge is -2.09. The van der Waals surface area contributed by atoms with Crippen LogP contribution in [-0.4, -0.2) is 21.5 Å². The summed E-state index contributed by atoms with van der Waals surface area (Å²) in [5, 5.41) is -0.176. The molecule has 2 aromatic carbocycles. The molecule has 2 aromatic rings. The third-order valence-corrected chi connectivity index (χ3v) is 4.46. The minimum Gasteiger partial charge on any atom is -0.361 e. The molecule has 3 nitrogen and oxygen atoms in total. The predicted octanol–water partition coefficient (Wildman–Crippen LogP) is 4.11. The zero-order valence-corrected chi connectivity index (χ0v) is 12.6. The molecule has 0 radical (unpaired) electrons. The van der Waals surface area contributed by atoms with Crippen LogP contribution in [0.2, 0.25) is 0 Å². The Balaban J connectivity index is 2.23. The molecule has 0 fully saturated rings. The Morgan fingerprint density at radius 1 is 1.10 bits per heavy atom. The van der Waals surface area contributed by atoms with Crippen molar-refractivity contribution in [3.8, 4) is 0 Å². The molecular weight excluding hydrogens is 280 g/mol. The van der Waals surface area contributed by atoms with Crippen LogP contribution in [0.4, 0.5) is 0 Å². The number of nitrogens with zero attached hydrogens (tertiary/aromatic N) is 2. The van der Waals surface area contributed by atoms with Crippen molar-refractivity contribution in [3.05, 3.63) is 71.8 Å². The number of rotatable bonds is 6. The Morgan fingerprint density at radius 2 is 1.67 bits per heavy atom. The molecule has 0 aliphatic heterocycles. The predicted molar refractivity (Wildman–Crippen MR) is 85.8 cm³/mol. The molecule has 0 aliphatic carbocycles. The van der Waals surface area contributed by atoms with Gasteiger partial charge in [0.1, 0.15) is 5.25 Å². The van der Waals surface area contributed by atoms with Gasteiger partial charge in [-0.2, -0.15) is 4.79 Å². The highest BCUT2D eigenvalue weighted by Gasteiger charge is 2.31. The van der Waals surface area contributed by atoms with Crippen LogP contribution in [-0.2, 0) is 0 Å². The molecule has 0 aromatic heterocycles. The molecule has 4 heteroatoms. The van der Waals surface area contributed by atoms with Gasteiger partial charge in [0, 0.05) is 10.5 Å². The number of ketones is 1. The van der Waals surface area contributed by atoms with Crippen LogP contribution in [0.3, 0.4) is 0 Å². The van der Waals surface area contributed by atoms with E-state index in [-0.39, 0.29) is 16.7 Å². The first kappa shape index (κ1) is 15.2. The molecule has 0 saturated carbocycles. The summed E-state index contributed by atoms with van der Waals surface area (Å²) >= 11 is 1.53. The van der Waals surface area contributed by atoms with E-state index in [1.165, 1.54) is 11.8 Å². The van der Waals surface area contributed by atoms with Gasteiger partial charge in [-0.3, -0.25) is 4.79 Å². The molecule has 0 bridgehead atoms. The van der Waals surface area contributed by atoms with Gasteiger partial charge in [-0.25, -0.2) is 0 Å². The normalized spacial score (nSPS) is 11.5. The van der Waals surface area contributed by atoms with Crippen LogP contribution < -0.4 is 0 Å². The lowest BCUT2D eigenvalue weighted by atomic mass is 10.0. The number of Topliss-reactive ketones (excluding diaryl/α,β-unsaturated/α-hetero) is 1. The second kappa shape index (κ2) is 7.58. The molecule has 2 rings (SSSR count). The van der Waals surface area contributed by atoms with Gasteiger partial charge in [0.25, 0.3) is 5.78 Å². The van der Waals surface area contributed by atoms with Crippen molar-refractivity contribution < 1.29 is 9.58 Å². The monoisotopic (exact) mass is 296 g/mol. The minimum atomic E-state index is -0.228. The number of carbonyl (C=O) groups excluding carboxylic acids is 1. The summed E-state index contributed by atoms with van der Waals surface area (Å²) in [6.07, 6.45) is 0.706. The Labute approximate surface area is 128 Å². The molecule has 1 atom stereocenters. The third kappa shape index (κ3) is 3.91. The Hall–Kier alpha value is -2.16. The topological polar surface area (TPSA) is 53.5 Å². The van der Waals surface area contributed by atoms with Crippen molar-refractivity contribution in [2.75, 3.05) is 0 Å². The van der Waals surface area contributed by atoms with Gasteiger partial charge in [-0.1, -0.05) is 55.5 Å². The summed E-state index contributed by atoms with van der Waals surface area (Å²) in [6.45, 7) is 1.98. The summed E-state index contributed by atoms with van der Waals surface area (Å²) in [5.41, 5.74) is 10.0. The average molecular weight is 296 g/mol. The number of carbonyl (C=O) groups is 1. The molecule has 0 spiro atoms. The van der Waals surface area contributed by atoms with Gasteiger partial charge in [0.2, 0.25) is 0 Å². The number of hydrogen-bond acceptors (Lipinski definition) is 2. The lowest BCUT2D eigenvalue weighted by Crippen LogP contribution is -2.27. The first-order chi connectivity index (χ1) is 10.3. The van der Waals surface area contributed by atoms with Gasteiger partial charge >= 0.3 is 5.71 Å². The van der Waals surface area contributed by atoms with Crippen molar-refractivity contribution in [2.45, 2.75) is 23.5 Å². The van der Waals surface area contributed by atoms with Gasteiger partial charge < -0.3 is 5.53 Å². The van der Waals surface area contributed by atoms with E-state index in [4.69, 9.17) is 0 Å². The molecule has 0 aliphatic rings. The molecule has 0 N–H and O–H groups in total. The van der Waals surface area contributed by atoms with E-state index in [2.05, 4.69) is 4.79 Å². The van der Waals surface area contributed by atoms with Crippen molar-refractivity contribution >= 4 is 23.3 Å². The lowest BCUT2D eigenvalue weighted by molar-refractivity contribution is -0.00861. The fourth-order valence-electron chi connectivity index (χ4n) is 1.99. The fraction of sp³-hybridized carbons (Fsp3) is 0.176. The summed E-state index contributed by atoms with van der Waals surface area (Å²) in [7, 11) is 0. The second-order valence-corrected chi connectivity index (χ2v) is 5.78. The second-order valence-electron chi connectivity index (χ2n) is 4.51. The maximum Gasteiger partial charge on any atom is 0.352 e. The molecular formula is C17H16N2OS. The SMILES string of the molecule is CCC(Sc1ccccc1)C(=[N+]=[N-])C(=O)c1ccccc1. The van der Waals surface area contributed by atoms with E-state index in [1.807, 2.05) is 43.3 Å². The highest BCUT2D eigenvalue weighted by Crippen LogP contribution is 2.26. The van der Waals surface area contributed by atoms with Gasteiger partial charge in [0.15, 0.2) is 0 Å². The molecule has 0 heterocycles. The van der Waals surface area contributed by atoms with Crippen molar-refractivity contribution in [1.82, 2.24) is 0 Å². The molecule has 21 heavy (non-hydrogen) atoms. The fourth-order valence-corrected chi connectivity index (χ4v) is 3.06. The quantitative estimate of drug-likeness (QED) is 0.265. The number of thioether (sulfide) groups is 1. The largest absolute Gasteiger partial charge is 0.361 e. The van der Waals surface area contributed by atoms with Crippen molar-refractivity contribution in [3.63, 3.8) is 0 Å². The van der Waals surface area contributed by atoms with Crippen molar-refractivity contribution in [2.24, 2.45) is 0 Å². The number of hydrogen-bond donors (Lipinski definition) is 0. The van der Waals surface area contributed by atoms with Crippen LogP contribution in [0.5, 0.6) is 0 Å². The van der Waals surface area contributed by atoms with Gasteiger partial charge in [-0.05, 0) is 18.6 Å². The van der Waals surface area contributed by atoms with Crippen LogP contribution in [0.1, 0.15) is 23.7 Å². The highest BCUT2D eigenvalue weighted by atomic mass is 32.2. The average Bonchev–Trinajstić information content (AvgIpc) is 2.56. The van der Waals surface area contributed by atoms with Crippen LogP contribution in [0.25, 0.3) is 5.53 Å². The molecule has 106 valence electrons. The van der Waals surface area contributed by atoms with E-state index >= 15 is 0 Å². The van der Waals surface area contributed by atoms with E-state index in [9.17, 15) is 10.3 Å². The molecule has 0 amide bonds. The summed E-state index contributed by atoms with van der Waals surface area (Å²) in [5.74, 6) is -0.228. The zero-order chi connectivity index (χ0) is 15.1. The van der Waals surface area contributed by atoms with Gasteiger partial charge in [-0.15, -0.1) is 11.8 Å². The number of benzene rings is 2. The van der Waals surface area contributed by atoms with E-state index in [1.54, 1.807) is 24.3 Å². The Kier molecular flexibility index (Phi) is 5.50. The Morgan fingerprint density at radius 3 is 2.19 bits per heavy atom. The van der Waals surface area contributed by atoms with E-state index < -0.39 is 0 Å². The zero-order valence-electron chi connectivity index (χ0n) is 11.8. The first-order valence-electron chi connectivity index (χ1n) is 6.79. The van der Waals surface area contributed by atoms with E-state index in [0.717, 1.165) is 4.90 Å². The maximum absolute atomic E-state index is 12.5. The summed E-state index contributed by atoms with van der Waals surface area (Å²) in [4.78, 5) is 16.8. The Bertz CT molecular complexity index is 649. The van der Waals surface area contributed by atoms with Crippen LogP contribution >= 0.6 is 11.8 Å². The molecule has 1 unspecified atom stereocenters. The summed E-state index contributed by atoms with van der Waals surface area (Å²) in [6, 6.07) is 18.7. The summed E-state index contributed by atoms with van der Waals surface area (Å²) < 4.78 is 0. The highest BCUT2D eigenvalue weighted by molar-refractivity contribution is 8.00.